The van der Waals surface area contributed by atoms with E-state index in [9.17, 15) is 17.6 Å². The third kappa shape index (κ3) is 6.18. The van der Waals surface area contributed by atoms with Crippen LogP contribution >= 0.6 is 11.3 Å². The number of thiazole rings is 1. The van der Waals surface area contributed by atoms with E-state index in [-0.39, 0.29) is 29.5 Å². The highest BCUT2D eigenvalue weighted by Crippen LogP contribution is 2.19. The van der Waals surface area contributed by atoms with E-state index in [0.717, 1.165) is 0 Å². The molecular formula is C24H19FN2O5S2. The van der Waals surface area contributed by atoms with Gasteiger partial charge in [0.2, 0.25) is 0 Å². The molecule has 0 spiro atoms. The van der Waals surface area contributed by atoms with Crippen molar-refractivity contribution in [2.75, 3.05) is 4.72 Å². The lowest BCUT2D eigenvalue weighted by molar-refractivity contribution is 0.0468. The van der Waals surface area contributed by atoms with Gasteiger partial charge in [-0.25, -0.2) is 22.6 Å². The van der Waals surface area contributed by atoms with Gasteiger partial charge < -0.3 is 9.47 Å². The topological polar surface area (TPSA) is 94.6 Å². The van der Waals surface area contributed by atoms with Crippen LogP contribution in [0, 0.1) is 5.82 Å². The number of esters is 1. The number of nitrogens with zero attached hydrogens (tertiary/aromatic N) is 1. The summed E-state index contributed by atoms with van der Waals surface area (Å²) < 4.78 is 51.2. The average molecular weight is 499 g/mol. The summed E-state index contributed by atoms with van der Waals surface area (Å²) in [6.07, 6.45) is 0. The monoisotopic (exact) mass is 498 g/mol. The lowest BCUT2D eigenvalue weighted by Gasteiger charge is -2.08. The van der Waals surface area contributed by atoms with Gasteiger partial charge in [0.1, 0.15) is 29.8 Å². The maximum absolute atomic E-state index is 12.9. The molecule has 1 N–H and O–H groups in total. The van der Waals surface area contributed by atoms with Gasteiger partial charge in [0, 0.05) is 11.1 Å². The molecule has 0 unspecified atom stereocenters. The molecule has 0 saturated heterocycles. The van der Waals surface area contributed by atoms with Crippen molar-refractivity contribution >= 4 is 33.0 Å². The molecule has 34 heavy (non-hydrogen) atoms. The first-order valence-electron chi connectivity index (χ1n) is 10.1. The van der Waals surface area contributed by atoms with Crippen LogP contribution in [0.15, 0.2) is 89.1 Å². The van der Waals surface area contributed by atoms with Crippen molar-refractivity contribution in [3.8, 4) is 5.75 Å². The molecular weight excluding hydrogens is 479 g/mol. The van der Waals surface area contributed by atoms with Gasteiger partial charge in [-0.15, -0.1) is 11.3 Å². The number of halogens is 1. The zero-order valence-electron chi connectivity index (χ0n) is 17.7. The Morgan fingerprint density at radius 2 is 1.65 bits per heavy atom. The van der Waals surface area contributed by atoms with Gasteiger partial charge in [0.05, 0.1) is 16.2 Å². The molecule has 3 aromatic carbocycles. The van der Waals surface area contributed by atoms with Gasteiger partial charge in [-0.2, -0.15) is 0 Å². The maximum atomic E-state index is 12.9. The number of benzene rings is 3. The van der Waals surface area contributed by atoms with Crippen molar-refractivity contribution in [2.24, 2.45) is 0 Å². The number of hydrogen-bond donors (Lipinski definition) is 1. The number of sulfonamides is 1. The minimum Gasteiger partial charge on any atom is -0.486 e. The second-order valence-electron chi connectivity index (χ2n) is 7.05. The van der Waals surface area contributed by atoms with Crippen molar-refractivity contribution in [3.63, 3.8) is 0 Å². The minimum atomic E-state index is -3.78. The zero-order valence-corrected chi connectivity index (χ0v) is 19.3. The van der Waals surface area contributed by atoms with Crippen LogP contribution in [0.5, 0.6) is 5.75 Å². The summed E-state index contributed by atoms with van der Waals surface area (Å²) in [6, 6.07) is 19.7. The van der Waals surface area contributed by atoms with Crippen molar-refractivity contribution in [3.05, 3.63) is 106 Å². The molecule has 1 heterocycles. The second-order valence-corrected chi connectivity index (χ2v) is 9.67. The highest BCUT2D eigenvalue weighted by Gasteiger charge is 2.16. The van der Waals surface area contributed by atoms with E-state index in [1.54, 1.807) is 35.7 Å². The molecule has 0 bridgehead atoms. The number of anilines is 1. The van der Waals surface area contributed by atoms with Crippen LogP contribution in [0.4, 0.5) is 10.1 Å². The van der Waals surface area contributed by atoms with Crippen LogP contribution in [0.2, 0.25) is 0 Å². The first-order chi connectivity index (χ1) is 16.4. The molecule has 0 saturated carbocycles. The third-order valence-corrected chi connectivity index (χ3v) is 6.82. The smallest absolute Gasteiger partial charge is 0.338 e. The molecule has 0 aliphatic rings. The van der Waals surface area contributed by atoms with Crippen molar-refractivity contribution in [2.45, 2.75) is 18.1 Å². The Labute approximate surface area is 199 Å². The van der Waals surface area contributed by atoms with Gasteiger partial charge >= 0.3 is 5.97 Å². The van der Waals surface area contributed by atoms with Gasteiger partial charge in [-0.1, -0.05) is 18.2 Å². The first kappa shape index (κ1) is 23.4. The minimum absolute atomic E-state index is 0.0261. The fourth-order valence-electron chi connectivity index (χ4n) is 2.87. The lowest BCUT2D eigenvalue weighted by atomic mass is 10.2. The Morgan fingerprint density at radius 3 is 2.35 bits per heavy atom. The van der Waals surface area contributed by atoms with Crippen LogP contribution in [0.25, 0.3) is 0 Å². The van der Waals surface area contributed by atoms with Crippen molar-refractivity contribution in [1.82, 2.24) is 4.98 Å². The zero-order chi connectivity index (χ0) is 24.0. The number of aromatic nitrogens is 1. The molecule has 4 rings (SSSR count). The van der Waals surface area contributed by atoms with E-state index in [4.69, 9.17) is 9.47 Å². The number of nitrogens with one attached hydrogen (secondary N) is 1. The molecule has 0 amide bonds. The summed E-state index contributed by atoms with van der Waals surface area (Å²) in [6.45, 7) is 0.165. The molecule has 10 heteroatoms. The van der Waals surface area contributed by atoms with Crippen LogP contribution in [0.1, 0.15) is 21.1 Å². The molecule has 0 aliphatic carbocycles. The highest BCUT2D eigenvalue weighted by molar-refractivity contribution is 7.92. The Hall–Kier alpha value is -3.76. The third-order valence-electron chi connectivity index (χ3n) is 4.55. The SMILES string of the molecule is O=C(OCc1csc(COc2ccc(F)cc2)n1)c1ccc(S(=O)(=O)Nc2ccccc2)cc1. The average Bonchev–Trinajstić information content (AvgIpc) is 3.30. The van der Waals surface area contributed by atoms with Gasteiger partial charge in [0.15, 0.2) is 0 Å². The first-order valence-corrected chi connectivity index (χ1v) is 12.4. The molecule has 0 radical (unpaired) electrons. The number of rotatable bonds is 9. The molecule has 0 aliphatic heterocycles. The Bertz CT molecular complexity index is 1360. The Balaban J connectivity index is 1.30. The van der Waals surface area contributed by atoms with E-state index in [1.165, 1.54) is 59.9 Å². The molecule has 4 aromatic rings. The standard InChI is InChI=1S/C24H19FN2O5S2/c25-18-8-10-21(11-9-18)31-15-23-26-20(16-33-23)14-32-24(28)17-6-12-22(13-7-17)34(29,30)27-19-4-2-1-3-5-19/h1-13,16,27H,14-15H2. The lowest BCUT2D eigenvalue weighted by Crippen LogP contribution is -2.13. The number of carbonyl (C=O) groups excluding carboxylic acids is 1. The fourth-order valence-corrected chi connectivity index (χ4v) is 4.62. The number of hydrogen-bond acceptors (Lipinski definition) is 7. The summed E-state index contributed by atoms with van der Waals surface area (Å²) in [5.74, 6) is -0.420. The summed E-state index contributed by atoms with van der Waals surface area (Å²) in [7, 11) is -3.78. The van der Waals surface area contributed by atoms with Crippen LogP contribution < -0.4 is 9.46 Å². The molecule has 0 atom stereocenters. The molecule has 0 fully saturated rings. The summed E-state index contributed by atoms with van der Waals surface area (Å²) in [5.41, 5.74) is 1.22. The van der Waals surface area contributed by atoms with E-state index in [1.807, 2.05) is 0 Å². The number of para-hydroxylation sites is 1. The molecule has 174 valence electrons. The van der Waals surface area contributed by atoms with Gasteiger partial charge in [-0.05, 0) is 60.7 Å². The maximum Gasteiger partial charge on any atom is 0.338 e. The molecule has 1 aromatic heterocycles. The van der Waals surface area contributed by atoms with Crippen LogP contribution in [-0.2, 0) is 28.0 Å². The predicted molar refractivity (Wildman–Crippen MR) is 126 cm³/mol. The van der Waals surface area contributed by atoms with Crippen LogP contribution in [0.3, 0.4) is 0 Å². The van der Waals surface area contributed by atoms with Crippen molar-refractivity contribution < 1.29 is 27.1 Å². The van der Waals surface area contributed by atoms with Gasteiger partial charge in [-0.3, -0.25) is 4.72 Å². The fraction of sp³-hybridized carbons (Fsp3) is 0.0833. The van der Waals surface area contributed by atoms with Crippen molar-refractivity contribution in [1.29, 1.82) is 0 Å². The number of carbonyl (C=O) groups is 1. The summed E-state index contributed by atoms with van der Waals surface area (Å²) >= 11 is 1.35. The van der Waals surface area contributed by atoms with E-state index < -0.39 is 16.0 Å². The van der Waals surface area contributed by atoms with Gasteiger partial charge in [0.25, 0.3) is 10.0 Å². The normalized spacial score (nSPS) is 11.1. The summed E-state index contributed by atoms with van der Waals surface area (Å²) in [5, 5.41) is 2.43. The quantitative estimate of drug-likeness (QED) is 0.326. The van der Waals surface area contributed by atoms with E-state index in [2.05, 4.69) is 9.71 Å². The number of ether oxygens (including phenoxy) is 2. The van der Waals surface area contributed by atoms with E-state index >= 15 is 0 Å². The summed E-state index contributed by atoms with van der Waals surface area (Å²) in [4.78, 5) is 16.7. The highest BCUT2D eigenvalue weighted by atomic mass is 32.2. The largest absolute Gasteiger partial charge is 0.486 e. The predicted octanol–water partition coefficient (Wildman–Crippen LogP) is 5.02. The Kier molecular flexibility index (Phi) is 7.19. The van der Waals surface area contributed by atoms with E-state index in [0.29, 0.717) is 22.1 Å². The molecule has 7 nitrogen and oxygen atoms in total. The van der Waals surface area contributed by atoms with Crippen LogP contribution in [-0.4, -0.2) is 19.4 Å². The second kappa shape index (κ2) is 10.4. The Morgan fingerprint density at radius 1 is 0.941 bits per heavy atom.